The summed E-state index contributed by atoms with van der Waals surface area (Å²) in [5.41, 5.74) is -0.289. The summed E-state index contributed by atoms with van der Waals surface area (Å²) in [5.74, 6) is -1.82. The third kappa shape index (κ3) is 3.60. The van der Waals surface area contributed by atoms with Crippen LogP contribution in [-0.2, 0) is 15.8 Å². The molecule has 5 nitrogen and oxygen atoms in total. The zero-order valence-corrected chi connectivity index (χ0v) is 15.6. The first-order chi connectivity index (χ1) is 14.3. The van der Waals surface area contributed by atoms with E-state index in [0.717, 1.165) is 17.0 Å². The van der Waals surface area contributed by atoms with E-state index in [9.17, 15) is 27.6 Å². The Labute approximate surface area is 170 Å². The first kappa shape index (κ1) is 19.9. The molecule has 1 N–H and O–H groups in total. The maximum atomic E-state index is 12.8. The summed E-state index contributed by atoms with van der Waals surface area (Å²) >= 11 is 0. The van der Waals surface area contributed by atoms with Gasteiger partial charge in [0.15, 0.2) is 0 Å². The number of fused-ring (bicyclic) bond motifs is 1. The Kier molecular flexibility index (Phi) is 4.93. The number of benzene rings is 2. The number of halogens is 3. The van der Waals surface area contributed by atoms with Crippen LogP contribution in [0.1, 0.15) is 28.8 Å². The second-order valence-electron chi connectivity index (χ2n) is 7.25. The topological polar surface area (TPSA) is 66.5 Å². The third-order valence-electron chi connectivity index (χ3n) is 5.34. The second kappa shape index (κ2) is 7.44. The molecule has 1 aliphatic heterocycles. The minimum absolute atomic E-state index is 0.0142. The van der Waals surface area contributed by atoms with E-state index in [4.69, 9.17) is 0 Å². The van der Waals surface area contributed by atoms with Crippen molar-refractivity contribution in [2.45, 2.75) is 19.0 Å². The number of carbonyl (C=O) groups is 3. The van der Waals surface area contributed by atoms with Gasteiger partial charge in [-0.3, -0.25) is 19.3 Å². The van der Waals surface area contributed by atoms with Crippen LogP contribution < -0.4 is 10.2 Å². The van der Waals surface area contributed by atoms with Gasteiger partial charge in [-0.05, 0) is 55.3 Å². The number of hydrogen-bond donors (Lipinski definition) is 1. The quantitative estimate of drug-likeness (QED) is 0.598. The maximum absolute atomic E-state index is 12.8. The Balaban J connectivity index is 1.50. The van der Waals surface area contributed by atoms with Gasteiger partial charge in [-0.1, -0.05) is 18.2 Å². The van der Waals surface area contributed by atoms with E-state index in [1.165, 1.54) is 36.4 Å². The van der Waals surface area contributed by atoms with E-state index >= 15 is 0 Å². The lowest BCUT2D eigenvalue weighted by atomic mass is 9.85. The number of allylic oxidation sites excluding steroid dienone is 2. The van der Waals surface area contributed by atoms with Crippen molar-refractivity contribution in [1.29, 1.82) is 0 Å². The van der Waals surface area contributed by atoms with Crippen LogP contribution in [0.25, 0.3) is 0 Å². The van der Waals surface area contributed by atoms with Crippen LogP contribution in [0.3, 0.4) is 0 Å². The van der Waals surface area contributed by atoms with Gasteiger partial charge < -0.3 is 5.32 Å². The van der Waals surface area contributed by atoms with Gasteiger partial charge in [0.05, 0.1) is 23.1 Å². The Morgan fingerprint density at radius 1 is 0.933 bits per heavy atom. The summed E-state index contributed by atoms with van der Waals surface area (Å²) in [5, 5.41) is 2.42. The lowest BCUT2D eigenvalue weighted by molar-refractivity contribution is -0.137. The average molecular weight is 414 g/mol. The third-order valence-corrected chi connectivity index (χ3v) is 5.34. The monoisotopic (exact) mass is 414 g/mol. The molecule has 0 aromatic heterocycles. The zero-order chi connectivity index (χ0) is 21.5. The van der Waals surface area contributed by atoms with Crippen molar-refractivity contribution in [3.8, 4) is 0 Å². The van der Waals surface area contributed by atoms with Gasteiger partial charge in [0.1, 0.15) is 0 Å². The van der Waals surface area contributed by atoms with E-state index in [2.05, 4.69) is 5.32 Å². The summed E-state index contributed by atoms with van der Waals surface area (Å²) in [4.78, 5) is 38.8. The van der Waals surface area contributed by atoms with Gasteiger partial charge in [0.2, 0.25) is 11.8 Å². The van der Waals surface area contributed by atoms with Crippen LogP contribution in [0.4, 0.5) is 24.5 Å². The van der Waals surface area contributed by atoms with Crippen LogP contribution in [0, 0.1) is 11.8 Å². The number of anilines is 2. The van der Waals surface area contributed by atoms with E-state index < -0.39 is 17.6 Å². The van der Waals surface area contributed by atoms with Gasteiger partial charge in [-0.2, -0.15) is 13.2 Å². The number of hydrogen-bond acceptors (Lipinski definition) is 3. The molecule has 1 heterocycles. The number of amides is 3. The molecule has 2 aromatic rings. The molecule has 4 rings (SSSR count). The number of rotatable bonds is 3. The molecule has 154 valence electrons. The molecule has 0 spiro atoms. The van der Waals surface area contributed by atoms with Gasteiger partial charge >= 0.3 is 6.18 Å². The minimum Gasteiger partial charge on any atom is -0.322 e. The molecule has 2 aliphatic rings. The Morgan fingerprint density at radius 2 is 1.53 bits per heavy atom. The number of imide groups is 1. The standard InChI is InChI=1S/C22H17F3N2O3/c23-22(24,25)14-4-3-5-15(12-14)26-19(28)13-8-10-16(11-9-13)27-20(29)17-6-1-2-7-18(17)21(27)30/h1-5,8-12,17-18H,6-7H2,(H,26,28). The highest BCUT2D eigenvalue weighted by atomic mass is 19.4. The van der Waals surface area contributed by atoms with Crippen molar-refractivity contribution in [3.05, 3.63) is 71.8 Å². The predicted octanol–water partition coefficient (Wildman–Crippen LogP) is 4.41. The van der Waals surface area contributed by atoms with E-state index in [0.29, 0.717) is 18.5 Å². The highest BCUT2D eigenvalue weighted by Gasteiger charge is 2.47. The van der Waals surface area contributed by atoms with Crippen LogP contribution in [-0.4, -0.2) is 17.7 Å². The van der Waals surface area contributed by atoms with E-state index in [1.807, 2.05) is 12.2 Å². The second-order valence-corrected chi connectivity index (χ2v) is 7.25. The predicted molar refractivity (Wildman–Crippen MR) is 104 cm³/mol. The highest BCUT2D eigenvalue weighted by molar-refractivity contribution is 6.22. The minimum atomic E-state index is -4.51. The first-order valence-electron chi connectivity index (χ1n) is 9.37. The van der Waals surface area contributed by atoms with Crippen LogP contribution in [0.15, 0.2) is 60.7 Å². The van der Waals surface area contributed by atoms with Crippen molar-refractivity contribution in [2.75, 3.05) is 10.2 Å². The number of alkyl halides is 3. The Hall–Kier alpha value is -3.42. The molecular weight excluding hydrogens is 397 g/mol. The molecule has 2 atom stereocenters. The fourth-order valence-corrected chi connectivity index (χ4v) is 3.79. The summed E-state index contributed by atoms with van der Waals surface area (Å²) in [6, 6.07) is 10.2. The number of nitrogens with one attached hydrogen (secondary N) is 1. The van der Waals surface area contributed by atoms with E-state index in [-0.39, 0.29) is 34.9 Å². The molecule has 0 saturated carbocycles. The van der Waals surface area contributed by atoms with Crippen molar-refractivity contribution in [1.82, 2.24) is 0 Å². The fraction of sp³-hybridized carbons (Fsp3) is 0.227. The van der Waals surface area contributed by atoms with Gasteiger partial charge in [0, 0.05) is 11.3 Å². The smallest absolute Gasteiger partial charge is 0.322 e. The lowest BCUT2D eigenvalue weighted by Gasteiger charge is -2.15. The molecule has 1 aliphatic carbocycles. The van der Waals surface area contributed by atoms with Gasteiger partial charge in [0.25, 0.3) is 5.91 Å². The Bertz CT molecular complexity index is 1020. The molecule has 1 fully saturated rings. The summed E-state index contributed by atoms with van der Waals surface area (Å²) in [7, 11) is 0. The largest absolute Gasteiger partial charge is 0.416 e. The molecular formula is C22H17F3N2O3. The molecule has 0 bridgehead atoms. The van der Waals surface area contributed by atoms with Crippen molar-refractivity contribution < 1.29 is 27.6 Å². The molecule has 8 heteroatoms. The van der Waals surface area contributed by atoms with Crippen LogP contribution in [0.2, 0.25) is 0 Å². The van der Waals surface area contributed by atoms with Crippen molar-refractivity contribution in [3.63, 3.8) is 0 Å². The van der Waals surface area contributed by atoms with Crippen molar-refractivity contribution >= 4 is 29.1 Å². The highest BCUT2D eigenvalue weighted by Crippen LogP contribution is 2.37. The summed E-state index contributed by atoms with van der Waals surface area (Å²) in [6.07, 6.45) is 0.352. The maximum Gasteiger partial charge on any atom is 0.416 e. The van der Waals surface area contributed by atoms with E-state index in [1.54, 1.807) is 0 Å². The molecule has 1 saturated heterocycles. The number of carbonyl (C=O) groups excluding carboxylic acids is 3. The van der Waals surface area contributed by atoms with Crippen LogP contribution >= 0.6 is 0 Å². The van der Waals surface area contributed by atoms with Crippen LogP contribution in [0.5, 0.6) is 0 Å². The molecule has 2 unspecified atom stereocenters. The molecule has 0 radical (unpaired) electrons. The summed E-state index contributed by atoms with van der Waals surface area (Å²) < 4.78 is 38.5. The summed E-state index contributed by atoms with van der Waals surface area (Å²) in [6.45, 7) is 0. The first-order valence-corrected chi connectivity index (χ1v) is 9.37. The van der Waals surface area contributed by atoms with Gasteiger partial charge in [-0.15, -0.1) is 0 Å². The fourth-order valence-electron chi connectivity index (χ4n) is 3.79. The SMILES string of the molecule is O=C(Nc1cccc(C(F)(F)F)c1)c1ccc(N2C(=O)C3CC=CCC3C2=O)cc1. The molecule has 3 amide bonds. The zero-order valence-electron chi connectivity index (χ0n) is 15.6. The number of nitrogens with zero attached hydrogens (tertiary/aromatic N) is 1. The molecule has 30 heavy (non-hydrogen) atoms. The normalized spacial score (nSPS) is 21.0. The Morgan fingerprint density at radius 3 is 2.10 bits per heavy atom. The molecule has 2 aromatic carbocycles. The lowest BCUT2D eigenvalue weighted by Crippen LogP contribution is -2.30. The average Bonchev–Trinajstić information content (AvgIpc) is 2.98. The van der Waals surface area contributed by atoms with Crippen molar-refractivity contribution in [2.24, 2.45) is 11.8 Å². The van der Waals surface area contributed by atoms with Gasteiger partial charge in [-0.25, -0.2) is 0 Å².